The summed E-state index contributed by atoms with van der Waals surface area (Å²) in [6.45, 7) is 1.75. The molecule has 92 valence electrons. The summed E-state index contributed by atoms with van der Waals surface area (Å²) in [5, 5.41) is 0. The number of aryl methyl sites for hydroxylation is 2. The molecular weight excluding hydrogens is 222 g/mol. The van der Waals surface area contributed by atoms with Gasteiger partial charge in [0.2, 0.25) is 0 Å². The van der Waals surface area contributed by atoms with Crippen molar-refractivity contribution in [3.05, 3.63) is 59.2 Å². The molecule has 0 amide bonds. The number of hydrogen-bond donors (Lipinski definition) is 0. The third kappa shape index (κ3) is 2.57. The maximum absolute atomic E-state index is 4.70. The monoisotopic (exact) mass is 239 g/mol. The van der Waals surface area contributed by atoms with Crippen LogP contribution in [0.25, 0.3) is 0 Å². The summed E-state index contributed by atoms with van der Waals surface area (Å²) in [6, 6.07) is 12.6. The molecule has 0 unspecified atom stereocenters. The van der Waals surface area contributed by atoms with Gasteiger partial charge in [0.15, 0.2) is 0 Å². The van der Waals surface area contributed by atoms with Crippen LogP contribution in [0.5, 0.6) is 0 Å². The molecule has 4 bridgehead atoms. The lowest BCUT2D eigenvalue weighted by atomic mass is 10.1. The first-order valence-electron chi connectivity index (χ1n) is 6.38. The Hall–Kier alpha value is -1.74. The van der Waals surface area contributed by atoms with Crippen LogP contribution in [0.1, 0.15) is 22.8 Å². The second-order valence-electron chi connectivity index (χ2n) is 4.91. The minimum atomic E-state index is 0.875. The molecule has 0 aliphatic carbocycles. The molecule has 3 heteroatoms. The van der Waals surface area contributed by atoms with Crippen molar-refractivity contribution in [2.45, 2.75) is 25.9 Å². The first-order chi connectivity index (χ1) is 8.79. The normalized spacial score (nSPS) is 16.1. The number of hydrogen-bond acceptors (Lipinski definition) is 3. The number of nitrogens with zero attached hydrogens (tertiary/aromatic N) is 3. The Labute approximate surface area is 108 Å². The Morgan fingerprint density at radius 1 is 0.778 bits per heavy atom. The van der Waals surface area contributed by atoms with Crippen LogP contribution < -0.4 is 0 Å². The second-order valence-corrected chi connectivity index (χ2v) is 4.91. The van der Waals surface area contributed by atoms with Gasteiger partial charge in [-0.25, -0.2) is 0 Å². The van der Waals surface area contributed by atoms with Crippen molar-refractivity contribution < 1.29 is 0 Å². The van der Waals surface area contributed by atoms with Crippen molar-refractivity contribution >= 4 is 0 Å². The zero-order chi connectivity index (χ0) is 12.4. The Kier molecular flexibility index (Phi) is 3.07. The van der Waals surface area contributed by atoms with E-state index in [4.69, 9.17) is 9.97 Å². The van der Waals surface area contributed by atoms with Gasteiger partial charge in [0.25, 0.3) is 0 Å². The van der Waals surface area contributed by atoms with E-state index in [-0.39, 0.29) is 0 Å². The fraction of sp³-hybridized carbons (Fsp3) is 0.333. The largest absolute Gasteiger partial charge is 0.295 e. The molecule has 0 saturated heterocycles. The van der Waals surface area contributed by atoms with Crippen molar-refractivity contribution in [2.24, 2.45) is 0 Å². The van der Waals surface area contributed by atoms with Crippen LogP contribution in [0.4, 0.5) is 0 Å². The van der Waals surface area contributed by atoms with Crippen LogP contribution in [0, 0.1) is 0 Å². The van der Waals surface area contributed by atoms with Crippen LogP contribution in [0.2, 0.25) is 0 Å². The Bertz CT molecular complexity index is 501. The number of fused-ring (bicyclic) bond motifs is 4. The average molecular weight is 239 g/mol. The maximum atomic E-state index is 4.70. The molecule has 3 rings (SSSR count). The first kappa shape index (κ1) is 11.4. The molecule has 0 spiro atoms. The van der Waals surface area contributed by atoms with E-state index >= 15 is 0 Å². The van der Waals surface area contributed by atoms with Crippen molar-refractivity contribution in [1.82, 2.24) is 14.9 Å². The topological polar surface area (TPSA) is 29.0 Å². The summed E-state index contributed by atoms with van der Waals surface area (Å²) in [5.74, 6) is 0. The summed E-state index contributed by atoms with van der Waals surface area (Å²) in [5.41, 5.74) is 4.61. The van der Waals surface area contributed by atoms with Crippen LogP contribution in [-0.2, 0) is 25.9 Å². The molecule has 0 N–H and O–H groups in total. The van der Waals surface area contributed by atoms with Crippen LogP contribution in [0.15, 0.2) is 36.4 Å². The third-order valence-electron chi connectivity index (χ3n) is 3.23. The van der Waals surface area contributed by atoms with E-state index in [1.807, 2.05) is 0 Å². The number of pyridine rings is 2. The SMILES string of the molecule is CN1Cc2cccc(n2)CCc2cccc(n2)C1. The molecule has 0 fully saturated rings. The van der Waals surface area contributed by atoms with E-state index in [0.717, 1.165) is 48.7 Å². The maximum Gasteiger partial charge on any atom is 0.0547 e. The summed E-state index contributed by atoms with van der Waals surface area (Å²) in [7, 11) is 2.11. The molecule has 0 atom stereocenters. The minimum Gasteiger partial charge on any atom is -0.295 e. The van der Waals surface area contributed by atoms with Crippen molar-refractivity contribution in [1.29, 1.82) is 0 Å². The standard InChI is InChI=1S/C15H17N3/c1-18-10-14-6-2-4-12(16-14)8-9-13-5-3-7-15(11-18)17-13/h2-7H,8-11H2,1H3. The number of aromatic nitrogens is 2. The lowest BCUT2D eigenvalue weighted by Gasteiger charge is -2.15. The predicted octanol–water partition coefficient (Wildman–Crippen LogP) is 2.21. The minimum absolute atomic E-state index is 0.875. The molecule has 2 aromatic rings. The van der Waals surface area contributed by atoms with Crippen LogP contribution in [0.3, 0.4) is 0 Å². The highest BCUT2D eigenvalue weighted by Gasteiger charge is 2.08. The van der Waals surface area contributed by atoms with Crippen molar-refractivity contribution in [3.63, 3.8) is 0 Å². The Morgan fingerprint density at radius 3 is 1.72 bits per heavy atom. The molecule has 3 nitrogen and oxygen atoms in total. The van der Waals surface area contributed by atoms with E-state index in [9.17, 15) is 0 Å². The third-order valence-corrected chi connectivity index (χ3v) is 3.23. The molecule has 0 radical (unpaired) electrons. The second kappa shape index (κ2) is 4.86. The summed E-state index contributed by atoms with van der Waals surface area (Å²) >= 11 is 0. The van der Waals surface area contributed by atoms with Crippen LogP contribution >= 0.6 is 0 Å². The van der Waals surface area contributed by atoms with E-state index in [0.29, 0.717) is 0 Å². The van der Waals surface area contributed by atoms with Gasteiger partial charge in [-0.05, 0) is 44.2 Å². The molecule has 0 saturated carbocycles. The summed E-state index contributed by atoms with van der Waals surface area (Å²) < 4.78 is 0. The first-order valence-corrected chi connectivity index (χ1v) is 6.38. The zero-order valence-electron chi connectivity index (χ0n) is 10.6. The van der Waals surface area contributed by atoms with E-state index in [1.165, 1.54) is 0 Å². The molecular formula is C15H17N3. The van der Waals surface area contributed by atoms with Crippen LogP contribution in [-0.4, -0.2) is 21.9 Å². The fourth-order valence-corrected chi connectivity index (χ4v) is 2.38. The van der Waals surface area contributed by atoms with E-state index < -0.39 is 0 Å². The van der Waals surface area contributed by atoms with Gasteiger partial charge in [-0.1, -0.05) is 12.1 Å². The summed E-state index contributed by atoms with van der Waals surface area (Å²) in [6.07, 6.45) is 1.93. The Balaban J connectivity index is 1.97. The lowest BCUT2D eigenvalue weighted by Crippen LogP contribution is -2.18. The van der Waals surface area contributed by atoms with Gasteiger partial charge >= 0.3 is 0 Å². The summed E-state index contributed by atoms with van der Waals surface area (Å²) in [4.78, 5) is 11.7. The average Bonchev–Trinajstić information content (AvgIpc) is 2.37. The van der Waals surface area contributed by atoms with Gasteiger partial charge in [0.1, 0.15) is 0 Å². The highest BCUT2D eigenvalue weighted by molar-refractivity contribution is 5.16. The van der Waals surface area contributed by atoms with Gasteiger partial charge in [-0.3, -0.25) is 14.9 Å². The Morgan fingerprint density at radius 2 is 1.22 bits per heavy atom. The molecule has 0 aromatic carbocycles. The number of rotatable bonds is 0. The quantitative estimate of drug-likeness (QED) is 0.706. The van der Waals surface area contributed by atoms with Gasteiger partial charge in [-0.15, -0.1) is 0 Å². The van der Waals surface area contributed by atoms with E-state index in [2.05, 4.69) is 48.3 Å². The molecule has 3 heterocycles. The predicted molar refractivity (Wildman–Crippen MR) is 71.1 cm³/mol. The van der Waals surface area contributed by atoms with Gasteiger partial charge < -0.3 is 0 Å². The van der Waals surface area contributed by atoms with Gasteiger partial charge in [0.05, 0.1) is 11.4 Å². The molecule has 18 heavy (non-hydrogen) atoms. The van der Waals surface area contributed by atoms with Gasteiger partial charge in [-0.2, -0.15) is 0 Å². The van der Waals surface area contributed by atoms with E-state index in [1.54, 1.807) is 0 Å². The smallest absolute Gasteiger partial charge is 0.0547 e. The fourth-order valence-electron chi connectivity index (χ4n) is 2.38. The highest BCUT2D eigenvalue weighted by atomic mass is 15.1. The molecule has 1 aliphatic heterocycles. The van der Waals surface area contributed by atoms with Gasteiger partial charge in [0, 0.05) is 24.5 Å². The van der Waals surface area contributed by atoms with Crippen molar-refractivity contribution in [2.75, 3.05) is 7.05 Å². The lowest BCUT2D eigenvalue weighted by molar-refractivity contribution is 0.311. The van der Waals surface area contributed by atoms with Crippen molar-refractivity contribution in [3.8, 4) is 0 Å². The highest BCUT2D eigenvalue weighted by Crippen LogP contribution is 2.11. The molecule has 1 aliphatic rings. The molecule has 2 aromatic heterocycles. The zero-order valence-corrected chi connectivity index (χ0v) is 10.6.